The highest BCUT2D eigenvalue weighted by molar-refractivity contribution is 5.94. The summed E-state index contributed by atoms with van der Waals surface area (Å²) in [6, 6.07) is 14.3. The lowest BCUT2D eigenvalue weighted by Gasteiger charge is -2.41. The highest BCUT2D eigenvalue weighted by atomic mass is 19.1. The van der Waals surface area contributed by atoms with E-state index in [0.29, 0.717) is 37.7 Å². The van der Waals surface area contributed by atoms with Crippen LogP contribution in [-0.2, 0) is 11.2 Å². The molecule has 2 fully saturated rings. The van der Waals surface area contributed by atoms with Crippen LogP contribution in [0.25, 0.3) is 0 Å². The van der Waals surface area contributed by atoms with Gasteiger partial charge in [-0.1, -0.05) is 43.2 Å². The normalized spacial score (nSPS) is 22.3. The Morgan fingerprint density at radius 1 is 0.912 bits per heavy atom. The van der Waals surface area contributed by atoms with Crippen LogP contribution in [0.4, 0.5) is 4.39 Å². The first kappa shape index (κ1) is 23.0. The first-order valence-corrected chi connectivity index (χ1v) is 12.8. The van der Waals surface area contributed by atoms with E-state index in [4.69, 9.17) is 0 Å². The van der Waals surface area contributed by atoms with Crippen LogP contribution in [0.2, 0.25) is 0 Å². The SMILES string of the molecule is O=C(NC1CCCc2ccccc21)C(C1CCCC1)N1CCN(C(=O)c2cccc(F)c2)CC1. The van der Waals surface area contributed by atoms with Gasteiger partial charge in [-0.25, -0.2) is 4.39 Å². The Morgan fingerprint density at radius 3 is 2.44 bits per heavy atom. The van der Waals surface area contributed by atoms with E-state index in [9.17, 15) is 14.0 Å². The summed E-state index contributed by atoms with van der Waals surface area (Å²) >= 11 is 0. The Bertz CT molecular complexity index is 1030. The summed E-state index contributed by atoms with van der Waals surface area (Å²) in [5, 5.41) is 3.41. The van der Waals surface area contributed by atoms with Crippen LogP contribution in [-0.4, -0.2) is 53.8 Å². The first-order valence-electron chi connectivity index (χ1n) is 12.8. The van der Waals surface area contributed by atoms with Gasteiger partial charge in [0.15, 0.2) is 0 Å². The minimum atomic E-state index is -0.397. The number of benzene rings is 2. The summed E-state index contributed by atoms with van der Waals surface area (Å²) in [4.78, 5) is 30.6. The fourth-order valence-electron chi connectivity index (χ4n) is 6.12. The van der Waals surface area contributed by atoms with Crippen molar-refractivity contribution in [3.05, 3.63) is 71.0 Å². The minimum absolute atomic E-state index is 0.0807. The molecule has 2 aromatic rings. The molecule has 180 valence electrons. The number of piperazine rings is 1. The zero-order valence-electron chi connectivity index (χ0n) is 19.7. The van der Waals surface area contributed by atoms with Crippen molar-refractivity contribution >= 4 is 11.8 Å². The van der Waals surface area contributed by atoms with Crippen molar-refractivity contribution in [2.45, 2.75) is 57.0 Å². The number of fused-ring (bicyclic) bond motifs is 1. The molecule has 5 nitrogen and oxygen atoms in total. The zero-order chi connectivity index (χ0) is 23.5. The average molecular weight is 464 g/mol. The van der Waals surface area contributed by atoms with E-state index in [2.05, 4.69) is 34.5 Å². The van der Waals surface area contributed by atoms with Crippen LogP contribution in [0.5, 0.6) is 0 Å². The maximum atomic E-state index is 13.7. The summed E-state index contributed by atoms with van der Waals surface area (Å²) in [7, 11) is 0. The van der Waals surface area contributed by atoms with Crippen molar-refractivity contribution in [2.24, 2.45) is 5.92 Å². The lowest BCUT2D eigenvalue weighted by molar-refractivity contribution is -0.130. The molecule has 0 aromatic heterocycles. The second kappa shape index (κ2) is 10.3. The Kier molecular flexibility index (Phi) is 6.95. The Labute approximate surface area is 201 Å². The average Bonchev–Trinajstić information content (AvgIpc) is 3.39. The fraction of sp³-hybridized carbons (Fsp3) is 0.500. The standard InChI is InChI=1S/C28H34FN3O2/c29-23-12-5-11-22(19-23)28(34)32-17-15-31(16-18-32)26(21-8-1-2-9-21)27(33)30-25-14-6-10-20-7-3-4-13-24(20)25/h3-5,7,11-13,19,21,25-26H,1-2,6,8-10,14-18H2,(H,30,33). The summed E-state index contributed by atoms with van der Waals surface area (Å²) in [5.41, 5.74) is 2.99. The zero-order valence-corrected chi connectivity index (χ0v) is 19.7. The van der Waals surface area contributed by atoms with Crippen molar-refractivity contribution in [1.29, 1.82) is 0 Å². The molecule has 2 aliphatic carbocycles. The number of carbonyl (C=O) groups excluding carboxylic acids is 2. The Hall–Kier alpha value is -2.73. The molecule has 0 spiro atoms. The van der Waals surface area contributed by atoms with Gasteiger partial charge < -0.3 is 10.2 Å². The number of rotatable bonds is 5. The first-order chi connectivity index (χ1) is 16.6. The number of carbonyl (C=O) groups is 2. The molecule has 1 saturated heterocycles. The molecule has 34 heavy (non-hydrogen) atoms. The summed E-state index contributed by atoms with van der Waals surface area (Å²) in [6.07, 6.45) is 7.68. The highest BCUT2D eigenvalue weighted by Gasteiger charge is 2.38. The minimum Gasteiger partial charge on any atom is -0.348 e. The van der Waals surface area contributed by atoms with Crippen LogP contribution < -0.4 is 5.32 Å². The van der Waals surface area contributed by atoms with Gasteiger partial charge in [-0.15, -0.1) is 0 Å². The third-order valence-electron chi connectivity index (χ3n) is 7.87. The fourth-order valence-corrected chi connectivity index (χ4v) is 6.12. The number of aryl methyl sites for hydroxylation is 1. The molecule has 2 atom stereocenters. The number of hydrogen-bond donors (Lipinski definition) is 1. The molecule has 3 aliphatic rings. The molecule has 2 amide bonds. The van der Waals surface area contributed by atoms with E-state index in [0.717, 1.165) is 32.1 Å². The topological polar surface area (TPSA) is 52.7 Å². The molecular formula is C28H34FN3O2. The predicted molar refractivity (Wildman–Crippen MR) is 130 cm³/mol. The molecule has 0 radical (unpaired) electrons. The maximum absolute atomic E-state index is 13.7. The monoisotopic (exact) mass is 463 g/mol. The number of nitrogens with zero attached hydrogens (tertiary/aromatic N) is 2. The number of amides is 2. The molecule has 1 aliphatic heterocycles. The molecule has 1 saturated carbocycles. The van der Waals surface area contributed by atoms with Crippen LogP contribution in [0.15, 0.2) is 48.5 Å². The van der Waals surface area contributed by atoms with Gasteiger partial charge in [-0.05, 0) is 67.3 Å². The lowest BCUT2D eigenvalue weighted by atomic mass is 9.87. The molecule has 5 rings (SSSR count). The van der Waals surface area contributed by atoms with Crippen molar-refractivity contribution < 1.29 is 14.0 Å². The third kappa shape index (κ3) is 4.88. The molecule has 6 heteroatoms. The molecule has 0 bridgehead atoms. The molecule has 1 N–H and O–H groups in total. The van der Waals surface area contributed by atoms with E-state index < -0.39 is 5.82 Å². The largest absolute Gasteiger partial charge is 0.348 e. The van der Waals surface area contributed by atoms with Crippen molar-refractivity contribution in [2.75, 3.05) is 26.2 Å². The van der Waals surface area contributed by atoms with Crippen LogP contribution >= 0.6 is 0 Å². The van der Waals surface area contributed by atoms with Gasteiger partial charge in [0.05, 0.1) is 12.1 Å². The van der Waals surface area contributed by atoms with E-state index in [1.807, 2.05) is 0 Å². The van der Waals surface area contributed by atoms with Crippen LogP contribution in [0, 0.1) is 11.7 Å². The summed E-state index contributed by atoms with van der Waals surface area (Å²) in [5.74, 6) is -0.0330. The van der Waals surface area contributed by atoms with E-state index in [1.54, 1.807) is 17.0 Å². The second-order valence-electron chi connectivity index (χ2n) is 9.98. The van der Waals surface area contributed by atoms with E-state index in [-0.39, 0.29) is 23.9 Å². The van der Waals surface area contributed by atoms with Gasteiger partial charge in [0.2, 0.25) is 5.91 Å². The van der Waals surface area contributed by atoms with Crippen molar-refractivity contribution in [3.8, 4) is 0 Å². The highest BCUT2D eigenvalue weighted by Crippen LogP contribution is 2.33. The quantitative estimate of drug-likeness (QED) is 0.718. The van der Waals surface area contributed by atoms with Gasteiger partial charge in [-0.2, -0.15) is 0 Å². The smallest absolute Gasteiger partial charge is 0.254 e. The Morgan fingerprint density at radius 2 is 1.68 bits per heavy atom. The van der Waals surface area contributed by atoms with E-state index in [1.165, 1.54) is 36.1 Å². The number of hydrogen-bond acceptors (Lipinski definition) is 3. The van der Waals surface area contributed by atoms with Gasteiger partial charge in [-0.3, -0.25) is 14.5 Å². The van der Waals surface area contributed by atoms with Gasteiger partial charge in [0.1, 0.15) is 5.82 Å². The second-order valence-corrected chi connectivity index (χ2v) is 9.98. The lowest BCUT2D eigenvalue weighted by Crippen LogP contribution is -2.58. The van der Waals surface area contributed by atoms with Crippen molar-refractivity contribution in [3.63, 3.8) is 0 Å². The molecular weight excluding hydrogens is 429 g/mol. The molecule has 1 heterocycles. The third-order valence-corrected chi connectivity index (χ3v) is 7.87. The predicted octanol–water partition coefficient (Wildman–Crippen LogP) is 4.34. The number of nitrogens with one attached hydrogen (secondary N) is 1. The van der Waals surface area contributed by atoms with Crippen LogP contribution in [0.1, 0.15) is 66.1 Å². The summed E-state index contributed by atoms with van der Waals surface area (Å²) in [6.45, 7) is 2.43. The van der Waals surface area contributed by atoms with Gasteiger partial charge in [0, 0.05) is 31.7 Å². The molecule has 2 unspecified atom stereocenters. The Balaban J connectivity index is 1.27. The van der Waals surface area contributed by atoms with Crippen molar-refractivity contribution in [1.82, 2.24) is 15.1 Å². The maximum Gasteiger partial charge on any atom is 0.254 e. The van der Waals surface area contributed by atoms with E-state index >= 15 is 0 Å². The summed E-state index contributed by atoms with van der Waals surface area (Å²) < 4.78 is 13.6. The number of halogens is 1. The van der Waals surface area contributed by atoms with Crippen LogP contribution in [0.3, 0.4) is 0 Å². The van der Waals surface area contributed by atoms with Gasteiger partial charge in [0.25, 0.3) is 5.91 Å². The molecule has 2 aromatic carbocycles. The van der Waals surface area contributed by atoms with Gasteiger partial charge >= 0.3 is 0 Å².